The molecule has 2 unspecified atom stereocenters. The fourth-order valence-corrected chi connectivity index (χ4v) is 2.45. The summed E-state index contributed by atoms with van der Waals surface area (Å²) in [7, 11) is 0. The molecule has 0 aliphatic carbocycles. The molecule has 1 aromatic carbocycles. The van der Waals surface area contributed by atoms with Crippen molar-refractivity contribution in [2.75, 3.05) is 0 Å². The van der Waals surface area contributed by atoms with Crippen LogP contribution in [-0.2, 0) is 0 Å². The number of rotatable bonds is 4. The van der Waals surface area contributed by atoms with Gasteiger partial charge in [0, 0.05) is 0 Å². The van der Waals surface area contributed by atoms with Gasteiger partial charge in [-0.2, -0.15) is 5.10 Å². The zero-order valence-electron chi connectivity index (χ0n) is 12.3. The maximum Gasteiger partial charge on any atom is 0.350 e. The molecule has 0 radical (unpaired) electrons. The molecular weight excluding hydrogens is 254 g/mol. The molecule has 2 rings (SSSR count). The second-order valence-electron chi connectivity index (χ2n) is 5.54. The predicted octanol–water partition coefficient (Wildman–Crippen LogP) is 1.92. The minimum Gasteiger partial charge on any atom is -0.391 e. The van der Waals surface area contributed by atoms with E-state index in [4.69, 9.17) is 0 Å². The summed E-state index contributed by atoms with van der Waals surface area (Å²) in [5.41, 5.74) is 1.69. The third-order valence-electron chi connectivity index (χ3n) is 3.47. The van der Waals surface area contributed by atoms with Crippen molar-refractivity contribution in [1.29, 1.82) is 0 Å². The Bertz CT molecular complexity index is 615. The Hall–Kier alpha value is -1.88. The molecule has 2 atom stereocenters. The van der Waals surface area contributed by atoms with E-state index in [9.17, 15) is 9.90 Å². The Morgan fingerprint density at radius 3 is 2.25 bits per heavy atom. The number of hydrogen-bond acceptors (Lipinski definition) is 3. The van der Waals surface area contributed by atoms with Gasteiger partial charge in [-0.25, -0.2) is 14.0 Å². The van der Waals surface area contributed by atoms with E-state index >= 15 is 0 Å². The highest BCUT2D eigenvalue weighted by atomic mass is 16.3. The first-order valence-electron chi connectivity index (χ1n) is 6.83. The van der Waals surface area contributed by atoms with Gasteiger partial charge in [-0.1, -0.05) is 31.5 Å². The molecule has 20 heavy (non-hydrogen) atoms. The lowest BCUT2D eigenvalue weighted by Gasteiger charge is -2.22. The van der Waals surface area contributed by atoms with E-state index in [1.165, 1.54) is 15.6 Å². The normalized spacial score (nSPS) is 14.5. The second kappa shape index (κ2) is 5.63. The molecule has 0 aliphatic heterocycles. The smallest absolute Gasteiger partial charge is 0.350 e. The SMILES string of the molecule is Cc1ccc(-n2cnn(C(C(C)C)C(C)O)c2=O)cc1. The average Bonchev–Trinajstić information content (AvgIpc) is 2.72. The molecule has 0 saturated heterocycles. The van der Waals surface area contributed by atoms with Crippen molar-refractivity contribution in [2.45, 2.75) is 39.8 Å². The molecule has 0 saturated carbocycles. The number of benzene rings is 1. The fourth-order valence-electron chi connectivity index (χ4n) is 2.45. The van der Waals surface area contributed by atoms with E-state index < -0.39 is 6.10 Å². The van der Waals surface area contributed by atoms with Gasteiger partial charge in [-0.3, -0.25) is 0 Å². The average molecular weight is 275 g/mol. The standard InChI is InChI=1S/C15H21N3O2/c1-10(2)14(12(4)19)18-15(20)17(9-16-18)13-7-5-11(3)6-8-13/h5-10,12,14,19H,1-4H3. The zero-order chi connectivity index (χ0) is 14.9. The van der Waals surface area contributed by atoms with Crippen molar-refractivity contribution in [3.8, 4) is 5.69 Å². The van der Waals surface area contributed by atoms with Crippen molar-refractivity contribution in [1.82, 2.24) is 14.3 Å². The quantitative estimate of drug-likeness (QED) is 0.927. The number of aryl methyl sites for hydroxylation is 1. The molecule has 1 aromatic heterocycles. The van der Waals surface area contributed by atoms with Crippen molar-refractivity contribution in [3.05, 3.63) is 46.6 Å². The first-order chi connectivity index (χ1) is 9.41. The van der Waals surface area contributed by atoms with Crippen LogP contribution in [0, 0.1) is 12.8 Å². The number of hydrogen-bond donors (Lipinski definition) is 1. The van der Waals surface area contributed by atoms with Gasteiger partial charge in [-0.05, 0) is 31.9 Å². The number of nitrogens with zero attached hydrogens (tertiary/aromatic N) is 3. The van der Waals surface area contributed by atoms with Gasteiger partial charge in [0.2, 0.25) is 0 Å². The topological polar surface area (TPSA) is 60.1 Å². The number of aliphatic hydroxyl groups is 1. The molecule has 5 nitrogen and oxygen atoms in total. The van der Waals surface area contributed by atoms with Gasteiger partial charge >= 0.3 is 5.69 Å². The largest absolute Gasteiger partial charge is 0.391 e. The van der Waals surface area contributed by atoms with Crippen LogP contribution in [0.5, 0.6) is 0 Å². The Balaban J connectivity index is 2.46. The lowest BCUT2D eigenvalue weighted by molar-refractivity contribution is 0.0934. The predicted molar refractivity (Wildman–Crippen MR) is 78.1 cm³/mol. The van der Waals surface area contributed by atoms with Gasteiger partial charge in [0.15, 0.2) is 0 Å². The molecule has 0 aliphatic rings. The molecule has 0 amide bonds. The third-order valence-corrected chi connectivity index (χ3v) is 3.47. The number of aliphatic hydroxyl groups excluding tert-OH is 1. The lowest BCUT2D eigenvalue weighted by Crippen LogP contribution is -2.35. The summed E-state index contributed by atoms with van der Waals surface area (Å²) >= 11 is 0. The minimum absolute atomic E-state index is 0.120. The van der Waals surface area contributed by atoms with Crippen LogP contribution in [0.1, 0.15) is 32.4 Å². The molecule has 2 aromatic rings. The molecule has 0 spiro atoms. The Labute approximate surface area is 118 Å². The zero-order valence-corrected chi connectivity index (χ0v) is 12.3. The van der Waals surface area contributed by atoms with E-state index in [2.05, 4.69) is 5.10 Å². The van der Waals surface area contributed by atoms with Crippen LogP contribution in [0.2, 0.25) is 0 Å². The van der Waals surface area contributed by atoms with E-state index in [-0.39, 0.29) is 17.6 Å². The van der Waals surface area contributed by atoms with Crippen LogP contribution in [0.15, 0.2) is 35.4 Å². The summed E-state index contributed by atoms with van der Waals surface area (Å²) in [5.74, 6) is 0.120. The van der Waals surface area contributed by atoms with Crippen LogP contribution in [-0.4, -0.2) is 25.6 Å². The van der Waals surface area contributed by atoms with Gasteiger partial charge in [0.25, 0.3) is 0 Å². The van der Waals surface area contributed by atoms with Gasteiger partial charge in [0.1, 0.15) is 6.33 Å². The first kappa shape index (κ1) is 14.5. The maximum atomic E-state index is 12.5. The van der Waals surface area contributed by atoms with Crippen molar-refractivity contribution < 1.29 is 5.11 Å². The highest BCUT2D eigenvalue weighted by Gasteiger charge is 2.24. The highest BCUT2D eigenvalue weighted by molar-refractivity contribution is 5.33. The summed E-state index contributed by atoms with van der Waals surface area (Å²) in [4.78, 5) is 12.5. The van der Waals surface area contributed by atoms with Crippen LogP contribution < -0.4 is 5.69 Å². The fraction of sp³-hybridized carbons (Fsp3) is 0.467. The van der Waals surface area contributed by atoms with Crippen LogP contribution in [0.25, 0.3) is 5.69 Å². The van der Waals surface area contributed by atoms with Gasteiger partial charge in [0.05, 0.1) is 17.8 Å². The summed E-state index contributed by atoms with van der Waals surface area (Å²) in [6.07, 6.45) is 0.874. The Morgan fingerprint density at radius 1 is 1.15 bits per heavy atom. The Morgan fingerprint density at radius 2 is 1.75 bits per heavy atom. The van der Waals surface area contributed by atoms with Crippen LogP contribution >= 0.6 is 0 Å². The van der Waals surface area contributed by atoms with E-state index in [1.54, 1.807) is 6.92 Å². The van der Waals surface area contributed by atoms with E-state index in [1.807, 2.05) is 45.0 Å². The monoisotopic (exact) mass is 275 g/mol. The highest BCUT2D eigenvalue weighted by Crippen LogP contribution is 2.19. The summed E-state index contributed by atoms with van der Waals surface area (Å²) in [5, 5.41) is 14.0. The third kappa shape index (κ3) is 2.67. The minimum atomic E-state index is -0.630. The summed E-state index contributed by atoms with van der Waals surface area (Å²) < 4.78 is 2.87. The van der Waals surface area contributed by atoms with Crippen molar-refractivity contribution in [2.24, 2.45) is 5.92 Å². The molecule has 1 N–H and O–H groups in total. The molecule has 0 fully saturated rings. The van der Waals surface area contributed by atoms with E-state index in [0.29, 0.717) is 0 Å². The molecule has 1 heterocycles. The van der Waals surface area contributed by atoms with Crippen LogP contribution in [0.4, 0.5) is 0 Å². The first-order valence-corrected chi connectivity index (χ1v) is 6.83. The molecule has 0 bridgehead atoms. The van der Waals surface area contributed by atoms with E-state index in [0.717, 1.165) is 11.3 Å². The molecule has 108 valence electrons. The van der Waals surface area contributed by atoms with Crippen molar-refractivity contribution >= 4 is 0 Å². The molecular formula is C15H21N3O2. The maximum absolute atomic E-state index is 12.5. The molecule has 5 heteroatoms. The van der Waals surface area contributed by atoms with Crippen LogP contribution in [0.3, 0.4) is 0 Å². The second-order valence-corrected chi connectivity index (χ2v) is 5.54. The summed E-state index contributed by atoms with van der Waals surface area (Å²) in [6, 6.07) is 7.35. The van der Waals surface area contributed by atoms with Crippen molar-refractivity contribution in [3.63, 3.8) is 0 Å². The van der Waals surface area contributed by atoms with Gasteiger partial charge in [-0.15, -0.1) is 0 Å². The number of aromatic nitrogens is 3. The lowest BCUT2D eigenvalue weighted by atomic mass is 10.00. The van der Waals surface area contributed by atoms with Gasteiger partial charge < -0.3 is 5.11 Å². The Kier molecular flexibility index (Phi) is 4.09. The summed E-state index contributed by atoms with van der Waals surface area (Å²) in [6.45, 7) is 7.61.